The molecule has 31 heavy (non-hydrogen) atoms. The van der Waals surface area contributed by atoms with Crippen LogP contribution in [0.4, 0.5) is 4.39 Å². The lowest BCUT2D eigenvalue weighted by molar-refractivity contribution is 0.214. The molecular formula is C21H26FIN6O2. The van der Waals surface area contributed by atoms with Gasteiger partial charge >= 0.3 is 0 Å². The van der Waals surface area contributed by atoms with Crippen LogP contribution in [-0.4, -0.2) is 47.9 Å². The molecule has 1 heterocycles. The third-order valence-electron chi connectivity index (χ3n) is 4.25. The van der Waals surface area contributed by atoms with Gasteiger partial charge in [0.05, 0.1) is 20.2 Å². The van der Waals surface area contributed by atoms with Crippen molar-refractivity contribution in [3.8, 4) is 22.9 Å². The van der Waals surface area contributed by atoms with Crippen molar-refractivity contribution in [3.63, 3.8) is 0 Å². The van der Waals surface area contributed by atoms with E-state index in [1.54, 1.807) is 32.4 Å². The molecule has 3 N–H and O–H groups in total. The number of para-hydroxylation sites is 1. The lowest BCUT2D eigenvalue weighted by Crippen LogP contribution is -2.41. The highest BCUT2D eigenvalue weighted by atomic mass is 127. The summed E-state index contributed by atoms with van der Waals surface area (Å²) in [6.45, 7) is 2.71. The van der Waals surface area contributed by atoms with Gasteiger partial charge in [-0.1, -0.05) is 12.1 Å². The Hall–Kier alpha value is -2.89. The van der Waals surface area contributed by atoms with Gasteiger partial charge in [0.1, 0.15) is 17.7 Å². The third-order valence-corrected chi connectivity index (χ3v) is 4.25. The summed E-state index contributed by atoms with van der Waals surface area (Å²) in [5, 5.41) is 13.5. The summed E-state index contributed by atoms with van der Waals surface area (Å²) in [6.07, 6.45) is -0.257. The van der Waals surface area contributed by atoms with Gasteiger partial charge in [0.25, 0.3) is 0 Å². The summed E-state index contributed by atoms with van der Waals surface area (Å²) < 4.78 is 24.5. The highest BCUT2D eigenvalue weighted by Crippen LogP contribution is 2.19. The van der Waals surface area contributed by atoms with Gasteiger partial charge in [0.2, 0.25) is 0 Å². The van der Waals surface area contributed by atoms with Crippen molar-refractivity contribution in [3.05, 3.63) is 60.2 Å². The number of nitrogens with zero attached hydrogens (tertiary/aromatic N) is 3. The molecular weight excluding hydrogens is 514 g/mol. The molecule has 0 aliphatic carbocycles. The number of rotatable bonds is 8. The first-order valence-electron chi connectivity index (χ1n) is 9.50. The SMILES string of the molecule is CN=C(NCc1nc(-c2ccc(OC)cc2)n[nH]1)NCC(C)Oc1ccccc1F.I. The van der Waals surface area contributed by atoms with E-state index in [0.29, 0.717) is 30.7 Å². The van der Waals surface area contributed by atoms with E-state index in [4.69, 9.17) is 9.47 Å². The van der Waals surface area contributed by atoms with E-state index in [2.05, 4.69) is 30.8 Å². The third kappa shape index (κ3) is 7.09. The second-order valence-electron chi connectivity index (χ2n) is 6.50. The Balaban J connectivity index is 0.00000341. The van der Waals surface area contributed by atoms with Crippen LogP contribution in [0.2, 0.25) is 0 Å². The van der Waals surface area contributed by atoms with E-state index in [0.717, 1.165) is 11.3 Å². The topological polar surface area (TPSA) is 96.5 Å². The van der Waals surface area contributed by atoms with Gasteiger partial charge in [-0.15, -0.1) is 24.0 Å². The number of hydrogen-bond donors (Lipinski definition) is 3. The number of benzene rings is 2. The molecule has 10 heteroatoms. The van der Waals surface area contributed by atoms with Gasteiger partial charge in [0, 0.05) is 12.6 Å². The Labute approximate surface area is 197 Å². The second kappa shape index (κ2) is 12.1. The predicted octanol–water partition coefficient (Wildman–Crippen LogP) is 3.37. The lowest BCUT2D eigenvalue weighted by atomic mass is 10.2. The molecule has 3 rings (SSSR count). The standard InChI is InChI=1S/C21H25FN6O2.HI/c1-14(30-18-7-5-4-6-17(18)22)12-24-21(23-2)25-13-19-26-20(28-27-19)15-8-10-16(29-3)11-9-15;/h4-11,14H,12-13H2,1-3H3,(H2,23,24,25)(H,26,27,28);1H. The number of halogens is 2. The molecule has 166 valence electrons. The molecule has 0 spiro atoms. The van der Waals surface area contributed by atoms with Crippen LogP contribution in [0.5, 0.6) is 11.5 Å². The molecule has 0 amide bonds. The summed E-state index contributed by atoms with van der Waals surface area (Å²) in [4.78, 5) is 8.66. The van der Waals surface area contributed by atoms with Crippen molar-refractivity contribution >= 4 is 29.9 Å². The summed E-state index contributed by atoms with van der Waals surface area (Å²) in [5.74, 6) is 2.46. The van der Waals surface area contributed by atoms with Crippen LogP contribution in [0.15, 0.2) is 53.5 Å². The molecule has 0 bridgehead atoms. The number of H-pyrrole nitrogens is 1. The van der Waals surface area contributed by atoms with Gasteiger partial charge in [-0.3, -0.25) is 10.1 Å². The number of hydrogen-bond acceptors (Lipinski definition) is 5. The Morgan fingerprint density at radius 1 is 1.16 bits per heavy atom. The number of nitrogens with one attached hydrogen (secondary N) is 3. The number of aromatic amines is 1. The van der Waals surface area contributed by atoms with Crippen LogP contribution < -0.4 is 20.1 Å². The maximum Gasteiger partial charge on any atom is 0.191 e. The van der Waals surface area contributed by atoms with Gasteiger partial charge in [-0.05, 0) is 43.3 Å². The normalized spacial score (nSPS) is 11.9. The molecule has 0 radical (unpaired) electrons. The minimum absolute atomic E-state index is 0. The summed E-state index contributed by atoms with van der Waals surface area (Å²) >= 11 is 0. The monoisotopic (exact) mass is 540 g/mol. The molecule has 0 aliphatic rings. The Kier molecular flexibility index (Phi) is 9.50. The minimum atomic E-state index is -0.384. The van der Waals surface area contributed by atoms with Crippen molar-refractivity contribution in [1.29, 1.82) is 0 Å². The maximum atomic E-state index is 13.7. The summed E-state index contributed by atoms with van der Waals surface area (Å²) in [5.41, 5.74) is 0.889. The highest BCUT2D eigenvalue weighted by Gasteiger charge is 2.10. The average Bonchev–Trinajstić information content (AvgIpc) is 3.24. The highest BCUT2D eigenvalue weighted by molar-refractivity contribution is 14.0. The maximum absolute atomic E-state index is 13.7. The number of guanidine groups is 1. The number of ether oxygens (including phenoxy) is 2. The summed E-state index contributed by atoms with van der Waals surface area (Å²) in [6, 6.07) is 13.8. The molecule has 3 aromatic rings. The molecule has 0 saturated heterocycles. The zero-order valence-corrected chi connectivity index (χ0v) is 19.9. The minimum Gasteiger partial charge on any atom is -0.497 e. The average molecular weight is 540 g/mol. The summed E-state index contributed by atoms with van der Waals surface area (Å²) in [7, 11) is 3.29. The molecule has 1 unspecified atom stereocenters. The molecule has 1 aromatic heterocycles. The van der Waals surface area contributed by atoms with Crippen molar-refractivity contribution in [2.75, 3.05) is 20.7 Å². The molecule has 0 saturated carbocycles. The van der Waals surface area contributed by atoms with Crippen LogP contribution in [0.1, 0.15) is 12.7 Å². The lowest BCUT2D eigenvalue weighted by Gasteiger charge is -2.17. The fraction of sp³-hybridized carbons (Fsp3) is 0.286. The van der Waals surface area contributed by atoms with E-state index in [9.17, 15) is 4.39 Å². The number of aliphatic imine (C=N–C) groups is 1. The molecule has 2 aromatic carbocycles. The van der Waals surface area contributed by atoms with Crippen molar-refractivity contribution in [2.45, 2.75) is 19.6 Å². The molecule has 0 fully saturated rings. The van der Waals surface area contributed by atoms with Gasteiger partial charge in [0.15, 0.2) is 23.4 Å². The second-order valence-corrected chi connectivity index (χ2v) is 6.50. The van der Waals surface area contributed by atoms with E-state index in [1.807, 2.05) is 31.2 Å². The molecule has 8 nitrogen and oxygen atoms in total. The quantitative estimate of drug-likeness (QED) is 0.231. The van der Waals surface area contributed by atoms with Crippen molar-refractivity contribution in [1.82, 2.24) is 25.8 Å². The zero-order chi connectivity index (χ0) is 21.3. The molecule has 0 aliphatic heterocycles. The van der Waals surface area contributed by atoms with Crippen molar-refractivity contribution in [2.24, 2.45) is 4.99 Å². The van der Waals surface area contributed by atoms with E-state index < -0.39 is 0 Å². The predicted molar refractivity (Wildman–Crippen MR) is 128 cm³/mol. The fourth-order valence-electron chi connectivity index (χ4n) is 2.67. The first-order chi connectivity index (χ1) is 14.6. The van der Waals surface area contributed by atoms with Gasteiger partial charge in [-0.2, -0.15) is 5.10 Å². The van der Waals surface area contributed by atoms with Gasteiger partial charge in [-0.25, -0.2) is 9.37 Å². The largest absolute Gasteiger partial charge is 0.497 e. The van der Waals surface area contributed by atoms with E-state index in [-0.39, 0.29) is 41.6 Å². The van der Waals surface area contributed by atoms with E-state index in [1.165, 1.54) is 6.07 Å². The molecule has 1 atom stereocenters. The fourth-order valence-corrected chi connectivity index (χ4v) is 2.67. The van der Waals surface area contributed by atoms with Crippen LogP contribution in [0.3, 0.4) is 0 Å². The van der Waals surface area contributed by atoms with Gasteiger partial charge < -0.3 is 20.1 Å². The first kappa shape index (κ1) is 24.4. The first-order valence-corrected chi connectivity index (χ1v) is 9.50. The van der Waals surface area contributed by atoms with Crippen LogP contribution >= 0.6 is 24.0 Å². The Morgan fingerprint density at radius 3 is 2.58 bits per heavy atom. The van der Waals surface area contributed by atoms with Crippen LogP contribution in [0, 0.1) is 5.82 Å². The van der Waals surface area contributed by atoms with Crippen LogP contribution in [-0.2, 0) is 6.54 Å². The van der Waals surface area contributed by atoms with Crippen LogP contribution in [0.25, 0.3) is 11.4 Å². The smallest absolute Gasteiger partial charge is 0.191 e. The Morgan fingerprint density at radius 2 is 1.90 bits per heavy atom. The number of aromatic nitrogens is 3. The number of methoxy groups -OCH3 is 1. The zero-order valence-electron chi connectivity index (χ0n) is 17.6. The van der Waals surface area contributed by atoms with Crippen molar-refractivity contribution < 1.29 is 13.9 Å². The van der Waals surface area contributed by atoms with E-state index >= 15 is 0 Å². The Bertz CT molecular complexity index is 980.